The van der Waals surface area contributed by atoms with Crippen molar-refractivity contribution in [2.45, 2.75) is 50.4 Å². The lowest BCUT2D eigenvalue weighted by Gasteiger charge is -2.33. The molecule has 2 aliphatic carbocycles. The predicted molar refractivity (Wildman–Crippen MR) is 114 cm³/mol. The third-order valence-electron chi connectivity index (χ3n) is 7.87. The molecule has 3 fully saturated rings. The van der Waals surface area contributed by atoms with Gasteiger partial charge >= 0.3 is 0 Å². The monoisotopic (exact) mass is 406 g/mol. The van der Waals surface area contributed by atoms with Crippen LogP contribution in [0.25, 0.3) is 0 Å². The van der Waals surface area contributed by atoms with Gasteiger partial charge in [0.15, 0.2) is 0 Å². The average molecular weight is 407 g/mol. The van der Waals surface area contributed by atoms with Crippen LogP contribution in [0, 0.1) is 11.3 Å². The Morgan fingerprint density at radius 3 is 2.43 bits per heavy atom. The van der Waals surface area contributed by atoms with Crippen molar-refractivity contribution >= 4 is 11.8 Å². The molecule has 2 amide bonds. The minimum absolute atomic E-state index is 0.0336. The molecule has 2 aromatic rings. The maximum absolute atomic E-state index is 13.0. The van der Waals surface area contributed by atoms with Gasteiger partial charge in [-0.3, -0.25) is 9.59 Å². The zero-order chi connectivity index (χ0) is 20.6. The maximum Gasteiger partial charge on any atom is 0.257 e. The van der Waals surface area contributed by atoms with E-state index in [4.69, 9.17) is 4.42 Å². The molecule has 2 heterocycles. The first-order valence-electron chi connectivity index (χ1n) is 11.3. The van der Waals surface area contributed by atoms with E-state index in [0.717, 1.165) is 51.7 Å². The van der Waals surface area contributed by atoms with Crippen LogP contribution in [0.4, 0.5) is 0 Å². The molecule has 2 saturated carbocycles. The van der Waals surface area contributed by atoms with Gasteiger partial charge in [0.05, 0.1) is 11.8 Å². The number of furan rings is 1. The van der Waals surface area contributed by atoms with Crippen molar-refractivity contribution in [2.24, 2.45) is 11.3 Å². The number of rotatable bonds is 5. The first kappa shape index (κ1) is 19.4. The highest BCUT2D eigenvalue weighted by molar-refractivity contribution is 5.94. The van der Waals surface area contributed by atoms with Gasteiger partial charge in [-0.25, -0.2) is 0 Å². The number of hydrogen-bond acceptors (Lipinski definition) is 3. The van der Waals surface area contributed by atoms with E-state index >= 15 is 0 Å². The van der Waals surface area contributed by atoms with Gasteiger partial charge in [-0.1, -0.05) is 43.2 Å². The van der Waals surface area contributed by atoms with E-state index in [1.807, 2.05) is 4.90 Å². The molecular formula is C25H30N2O3. The summed E-state index contributed by atoms with van der Waals surface area (Å²) in [4.78, 5) is 27.4. The quantitative estimate of drug-likeness (QED) is 0.811. The molecule has 5 heteroatoms. The molecule has 30 heavy (non-hydrogen) atoms. The van der Waals surface area contributed by atoms with Crippen LogP contribution in [0.1, 0.15) is 60.9 Å². The number of amides is 2. The number of nitrogens with zero attached hydrogens (tertiary/aromatic N) is 1. The molecule has 0 unspecified atom stereocenters. The molecular weight excluding hydrogens is 376 g/mol. The van der Waals surface area contributed by atoms with Gasteiger partial charge in [0.2, 0.25) is 5.91 Å². The van der Waals surface area contributed by atoms with E-state index in [1.165, 1.54) is 30.9 Å². The average Bonchev–Trinajstić information content (AvgIpc) is 3.19. The lowest BCUT2D eigenvalue weighted by molar-refractivity contribution is -0.123. The molecule has 1 spiro atoms. The molecule has 1 aromatic heterocycles. The van der Waals surface area contributed by atoms with Crippen LogP contribution in [0.2, 0.25) is 0 Å². The molecule has 1 aromatic carbocycles. The van der Waals surface area contributed by atoms with E-state index in [2.05, 4.69) is 35.6 Å². The van der Waals surface area contributed by atoms with Gasteiger partial charge in [-0.2, -0.15) is 0 Å². The molecule has 1 saturated heterocycles. The fourth-order valence-corrected chi connectivity index (χ4v) is 5.79. The van der Waals surface area contributed by atoms with Gasteiger partial charge in [-0.05, 0) is 49.1 Å². The second kappa shape index (κ2) is 7.60. The zero-order valence-electron chi connectivity index (χ0n) is 17.4. The summed E-state index contributed by atoms with van der Waals surface area (Å²) >= 11 is 0. The van der Waals surface area contributed by atoms with Crippen LogP contribution in [-0.4, -0.2) is 36.3 Å². The van der Waals surface area contributed by atoms with Gasteiger partial charge in [-0.15, -0.1) is 0 Å². The summed E-state index contributed by atoms with van der Waals surface area (Å²) < 4.78 is 5.04. The second-order valence-corrected chi connectivity index (χ2v) is 9.49. The first-order chi connectivity index (χ1) is 14.6. The molecule has 0 bridgehead atoms. The maximum atomic E-state index is 13.0. The Morgan fingerprint density at radius 2 is 1.77 bits per heavy atom. The number of hydrogen-bond donors (Lipinski definition) is 1. The van der Waals surface area contributed by atoms with Crippen LogP contribution in [0.5, 0.6) is 0 Å². The Bertz CT molecular complexity index is 892. The standard InChI is InChI=1S/C25H30N2O3/c28-22(26-18-25(9-4-5-10-25)20-6-2-1-3-7-20)21-16-24(21)11-13-27(14-12-24)23(29)19-8-15-30-17-19/h1-3,6-8,15,17,21H,4-5,9-14,16,18H2,(H,26,28)/t21-/m1/s1. The van der Waals surface area contributed by atoms with Crippen molar-refractivity contribution < 1.29 is 14.0 Å². The Labute approximate surface area is 177 Å². The third kappa shape index (κ3) is 3.44. The lowest BCUT2D eigenvalue weighted by Crippen LogP contribution is -2.42. The van der Waals surface area contributed by atoms with Crippen molar-refractivity contribution in [1.29, 1.82) is 0 Å². The molecule has 5 nitrogen and oxygen atoms in total. The van der Waals surface area contributed by atoms with Crippen LogP contribution in [0.15, 0.2) is 53.3 Å². The first-order valence-corrected chi connectivity index (χ1v) is 11.3. The molecule has 1 aliphatic heterocycles. The van der Waals surface area contributed by atoms with Crippen molar-refractivity contribution in [3.05, 3.63) is 60.1 Å². The number of piperidine rings is 1. The Hall–Kier alpha value is -2.56. The normalized spacial score (nSPS) is 24.0. The number of benzene rings is 1. The van der Waals surface area contributed by atoms with E-state index < -0.39 is 0 Å². The minimum Gasteiger partial charge on any atom is -0.472 e. The predicted octanol–water partition coefficient (Wildman–Crippen LogP) is 4.15. The second-order valence-electron chi connectivity index (χ2n) is 9.49. The Kier molecular flexibility index (Phi) is 4.92. The molecule has 3 aliphatic rings. The highest BCUT2D eigenvalue weighted by atomic mass is 16.3. The van der Waals surface area contributed by atoms with E-state index in [1.54, 1.807) is 6.07 Å². The van der Waals surface area contributed by atoms with Crippen molar-refractivity contribution in [3.63, 3.8) is 0 Å². The summed E-state index contributed by atoms with van der Waals surface area (Å²) in [6.45, 7) is 2.19. The highest BCUT2D eigenvalue weighted by Gasteiger charge is 2.58. The van der Waals surface area contributed by atoms with Gasteiger partial charge < -0.3 is 14.6 Å². The van der Waals surface area contributed by atoms with Crippen molar-refractivity contribution in [2.75, 3.05) is 19.6 Å². The van der Waals surface area contributed by atoms with Crippen LogP contribution >= 0.6 is 0 Å². The van der Waals surface area contributed by atoms with Crippen molar-refractivity contribution in [3.8, 4) is 0 Å². The third-order valence-corrected chi connectivity index (χ3v) is 7.87. The highest BCUT2D eigenvalue weighted by Crippen LogP contribution is 2.59. The summed E-state index contributed by atoms with van der Waals surface area (Å²) in [5.74, 6) is 0.357. The fraction of sp³-hybridized carbons (Fsp3) is 0.520. The number of carbonyl (C=O) groups excluding carboxylic acids is 2. The molecule has 0 radical (unpaired) electrons. The van der Waals surface area contributed by atoms with E-state index in [9.17, 15) is 9.59 Å². The minimum atomic E-state index is 0.0336. The van der Waals surface area contributed by atoms with E-state index in [0.29, 0.717) is 5.56 Å². The number of likely N-dealkylation sites (tertiary alicyclic amines) is 1. The summed E-state index contributed by atoms with van der Waals surface area (Å²) in [5.41, 5.74) is 2.17. The summed E-state index contributed by atoms with van der Waals surface area (Å²) in [6.07, 6.45) is 10.6. The molecule has 1 atom stereocenters. The largest absolute Gasteiger partial charge is 0.472 e. The fourth-order valence-electron chi connectivity index (χ4n) is 5.79. The van der Waals surface area contributed by atoms with E-state index in [-0.39, 0.29) is 28.6 Å². The Balaban J connectivity index is 1.16. The number of carbonyl (C=O) groups is 2. The van der Waals surface area contributed by atoms with Crippen molar-refractivity contribution in [1.82, 2.24) is 10.2 Å². The molecule has 158 valence electrons. The smallest absolute Gasteiger partial charge is 0.257 e. The lowest BCUT2D eigenvalue weighted by atomic mass is 9.78. The van der Waals surface area contributed by atoms with Crippen LogP contribution < -0.4 is 5.32 Å². The van der Waals surface area contributed by atoms with Gasteiger partial charge in [0.1, 0.15) is 6.26 Å². The van der Waals surface area contributed by atoms with Crippen LogP contribution in [0.3, 0.4) is 0 Å². The summed E-state index contributed by atoms with van der Waals surface area (Å²) in [6, 6.07) is 12.4. The molecule has 5 rings (SSSR count). The summed E-state index contributed by atoms with van der Waals surface area (Å²) in [7, 11) is 0. The Morgan fingerprint density at radius 1 is 1.03 bits per heavy atom. The SMILES string of the molecule is O=C(NCC1(c2ccccc2)CCCC1)[C@H]1CC12CCN(C(=O)c1ccoc1)CC2. The number of nitrogens with one attached hydrogen (secondary N) is 1. The summed E-state index contributed by atoms with van der Waals surface area (Å²) in [5, 5.41) is 3.32. The van der Waals surface area contributed by atoms with Gasteiger partial charge in [0.25, 0.3) is 5.91 Å². The topological polar surface area (TPSA) is 62.6 Å². The van der Waals surface area contributed by atoms with Gasteiger partial charge in [0, 0.05) is 31.0 Å². The van der Waals surface area contributed by atoms with Crippen LogP contribution in [-0.2, 0) is 10.2 Å². The zero-order valence-corrected chi connectivity index (χ0v) is 17.4. The molecule has 1 N–H and O–H groups in total.